The third-order valence-corrected chi connectivity index (χ3v) is 26.8. The van der Waals surface area contributed by atoms with Gasteiger partial charge in [-0.25, -0.2) is 13.7 Å². The van der Waals surface area contributed by atoms with E-state index in [0.29, 0.717) is 38.5 Å². The fourth-order valence-corrected chi connectivity index (χ4v) is 20.5. The summed E-state index contributed by atoms with van der Waals surface area (Å²) in [5.74, 6) is 0. The van der Waals surface area contributed by atoms with Crippen molar-refractivity contribution in [1.29, 1.82) is 0 Å². The zero-order valence-corrected chi connectivity index (χ0v) is 69.8. The van der Waals surface area contributed by atoms with Crippen LogP contribution in [-0.4, -0.2) is 388 Å². The molecule has 20 radical (unpaired) electrons. The van der Waals surface area contributed by atoms with Gasteiger partial charge < -0.3 is 105 Å². The van der Waals surface area contributed by atoms with E-state index in [9.17, 15) is 23.7 Å². The molecule has 11 unspecified atom stereocenters. The smallest absolute Gasteiger partial charge is 0.475 e. The maximum atomic E-state index is 12.9. The number of rotatable bonds is 34. The maximum absolute atomic E-state index is 12.9. The van der Waals surface area contributed by atoms with Gasteiger partial charge in [-0.2, -0.15) is 7.11 Å². The average Bonchev–Trinajstić information content (AvgIpc) is 1.58. The fourth-order valence-electron chi connectivity index (χ4n) is 11.9. The van der Waals surface area contributed by atoms with E-state index in [1.807, 2.05) is 0 Å². The van der Waals surface area contributed by atoms with Crippen LogP contribution in [-0.2, 0) is 147 Å². The number of hydrogen-bond acceptors (Lipinski definition) is 37. The lowest BCUT2D eigenvalue weighted by Crippen LogP contribution is -2.42. The van der Waals surface area contributed by atoms with E-state index in [0.717, 1.165) is 24.9 Å². The molecule has 0 bridgehead atoms. The third-order valence-electron chi connectivity index (χ3n) is 17.2. The van der Waals surface area contributed by atoms with Gasteiger partial charge in [-0.3, -0.25) is 36.2 Å². The summed E-state index contributed by atoms with van der Waals surface area (Å²) in [5.41, 5.74) is -0.843. The lowest BCUT2D eigenvalue weighted by Gasteiger charge is -2.37. The summed E-state index contributed by atoms with van der Waals surface area (Å²) in [6.07, 6.45) is -0.573. The summed E-state index contributed by atoms with van der Waals surface area (Å²) in [4.78, 5) is 9.60. The molecule has 0 aromatic rings. The van der Waals surface area contributed by atoms with Crippen molar-refractivity contribution >= 4 is 169 Å². The molecule has 0 aliphatic carbocycles. The first-order chi connectivity index (χ1) is 50.5. The van der Waals surface area contributed by atoms with Gasteiger partial charge in [0.15, 0.2) is 14.8 Å². The van der Waals surface area contributed by atoms with Crippen molar-refractivity contribution in [1.82, 2.24) is 0 Å². The van der Waals surface area contributed by atoms with Crippen LogP contribution in [0.3, 0.4) is 0 Å². The molecule has 9 aliphatic heterocycles. The van der Waals surface area contributed by atoms with E-state index >= 15 is 0 Å². The van der Waals surface area contributed by atoms with Crippen LogP contribution in [0.1, 0.15) is 58.3 Å². The van der Waals surface area contributed by atoms with Crippen LogP contribution in [0, 0.1) is 0 Å². The molecule has 0 aromatic heterocycles. The molecule has 9 aliphatic rings. The second-order valence-electron chi connectivity index (χ2n) is 24.8. The molecule has 9 rings (SSSR count). The number of fused-ring (bicyclic) bond motifs is 1. The second-order valence-corrected chi connectivity index (χ2v) is 36.8. The summed E-state index contributed by atoms with van der Waals surface area (Å²) in [6, 6.07) is -2.85. The van der Waals surface area contributed by atoms with E-state index in [1.165, 1.54) is 78.4 Å². The van der Waals surface area contributed by atoms with Crippen molar-refractivity contribution in [3.05, 3.63) is 0 Å². The van der Waals surface area contributed by atoms with Crippen LogP contribution < -0.4 is 10.00 Å². The Bertz CT molecular complexity index is 2670. The predicted molar refractivity (Wildman–Crippen MR) is 410 cm³/mol. The van der Waals surface area contributed by atoms with E-state index in [1.54, 1.807) is 42.5 Å². The molecular weight excluding hydrogens is 1560 g/mol. The number of hydrogen-bond donors (Lipinski definition) is 4. The largest absolute Gasteiger partial charge is 0.857 e. The molecule has 0 saturated carbocycles. The predicted octanol–water partition coefficient (Wildman–Crippen LogP) is -1.68. The number of thiol groups is 2. The van der Waals surface area contributed by atoms with Crippen molar-refractivity contribution in [2.75, 3.05) is 145 Å². The van der Waals surface area contributed by atoms with Crippen LogP contribution in [0.4, 0.5) is 0 Å². The molecule has 9 saturated heterocycles. The minimum absolute atomic E-state index is 0.0111. The van der Waals surface area contributed by atoms with Gasteiger partial charge in [-0.15, -0.1) is 25.3 Å². The number of ether oxygens (including phenoxy) is 16. The Hall–Kier alpha value is 1.97. The molecule has 27 atom stereocenters. The van der Waals surface area contributed by atoms with Crippen LogP contribution in [0.15, 0.2) is 0 Å². The Kier molecular flexibility index (Phi) is 48.3. The van der Waals surface area contributed by atoms with Crippen molar-refractivity contribution in [2.45, 2.75) is 200 Å². The molecule has 9 heterocycles. The minimum Gasteiger partial charge on any atom is -0.857 e. The topological polar surface area (TPSA) is 378 Å². The summed E-state index contributed by atoms with van der Waals surface area (Å²) in [6.45, 7) is -4.65. The molecule has 53 heteroatoms. The fraction of sp³-hybridized carbons (Fsp3) is 1.00. The Morgan fingerprint density at radius 1 is 0.533 bits per heavy atom. The maximum Gasteiger partial charge on any atom is 0.475 e. The Morgan fingerprint density at radius 2 is 0.925 bits per heavy atom. The molecule has 0 aromatic carbocycles. The van der Waals surface area contributed by atoms with E-state index in [2.05, 4.69) is 38.8 Å². The number of phosphoric ester groups is 2. The summed E-state index contributed by atoms with van der Waals surface area (Å²) >= 11 is 14.6. The molecule has 0 spiro atoms. The van der Waals surface area contributed by atoms with Crippen LogP contribution >= 0.6 is 65.8 Å². The number of aliphatic hydroxyl groups excluding tert-OH is 2. The summed E-state index contributed by atoms with van der Waals surface area (Å²) in [5, 5.41) is 26.5. The zero-order chi connectivity index (χ0) is 80.8. The standard InChI is InChI=1S/C13H23B3O8PS.C13H23B3O7PS.C12H19B3O7PS.C6H11B2O3.C6H11BO3S.C3H9O4P.CH3O/c1-18-7-13(26)10(5-11(14)23-13)24-25(17,20-3)21-6-9-8(19-2)4-12(16-15)22-9;1-13(7-18-2)10(5-11(14)22-13)23-24(17,25)20-6-9-8(19-3)4-12(16-15)21-9;1-17-6-12-9(4-10(13)21-12)22-23(16,24-12)19-5-8-7(18-2)3-11(15-14)20-8;1-10-4-2-6(8-7)11-5(4)3-9;1-9-3-6(11)4(8)2-5(7)10-6;1-5-8(4,6-2)7-3;1-2/h8-12,26H,4-7H2,1-3H3;8-12H,4-7H2,1-3H3,(H,17,25);7-11H,3-6H2,1-2H3;4-6,9H,2-3H2,1H3;4-5,8,11H,2-3H2,1H3;1-3H3;1H3/q;;;;;;-1/p-1/t8?,9-,10?,11-,12-,13+,25?;8?,9-,10?,11-,12-,13-,24?;7?,8-,9?,10-,11-,12+,23?;4?,5-,6-;4?,5-,6+;;/m11111../s1. The van der Waals surface area contributed by atoms with Crippen LogP contribution in [0.2, 0.25) is 0 Å². The summed E-state index contributed by atoms with van der Waals surface area (Å²) in [7, 11) is 61.6. The van der Waals surface area contributed by atoms with Gasteiger partial charge in [-0.05, 0) is 69.7 Å². The highest BCUT2D eigenvalue weighted by Gasteiger charge is 2.62. The van der Waals surface area contributed by atoms with Gasteiger partial charge in [0.1, 0.15) is 80.3 Å². The first-order valence-corrected chi connectivity index (χ1v) is 42.7. The lowest BCUT2D eigenvalue weighted by molar-refractivity contribution is -0.325. The SMILES string of the molecule is COP(=O)(OC)OC.C[O-].[B][B][C@H]1CC(OC)[C@@H](CO)O1.[B][B][C@H]1CC(OC)[C@@H](COP(=O)(OC)OC2C[C@H]([B])O[C@]2(S)COC)O1.[B][B][C@H]1CC(OC)[C@@H](COP([O-])(=S)OC2C[C@H]([B])O[C@]2(C)COC)O1.[B][B][C@H]1CC(OC)[C@@H](COP2(=O)OC3C[C@H]([B])O[C@@]3(COC)S2)O1.[B][C@H]1CC(O)[C@@](S)(COC)O1. The molecule has 594 valence electrons. The first kappa shape index (κ1) is 103. The highest BCUT2D eigenvalue weighted by atomic mass is 32.7. The number of methoxy groups -OCH3 is 8. The number of aliphatic hydroxyl groups is 2. The van der Waals surface area contributed by atoms with Crippen LogP contribution in [0.5, 0.6) is 0 Å². The first-order valence-electron chi connectivity index (χ1n) is 33.3. The van der Waals surface area contributed by atoms with E-state index in [4.69, 9.17) is 192 Å². The Balaban J connectivity index is 0.000000347. The minimum atomic E-state index is -3.91. The van der Waals surface area contributed by atoms with E-state index in [-0.39, 0.29) is 120 Å². The second kappa shape index (κ2) is 50.1. The Morgan fingerprint density at radius 3 is 1.33 bits per heavy atom. The summed E-state index contributed by atoms with van der Waals surface area (Å²) < 4.78 is 173. The number of phosphoric acid groups is 2. The van der Waals surface area contributed by atoms with Gasteiger partial charge in [0.2, 0.25) is 0 Å². The monoisotopic (exact) mass is 1660 g/mol. The van der Waals surface area contributed by atoms with Gasteiger partial charge in [0.25, 0.3) is 0 Å². The molecule has 0 amide bonds. The van der Waals surface area contributed by atoms with Crippen molar-refractivity contribution in [3.8, 4) is 0 Å². The molecule has 2 N–H and O–H groups in total. The van der Waals surface area contributed by atoms with Gasteiger partial charge in [0, 0.05) is 164 Å². The highest BCUT2D eigenvalue weighted by Crippen LogP contribution is 2.75. The highest BCUT2D eigenvalue weighted by molar-refractivity contribution is 8.56. The van der Waals surface area contributed by atoms with Crippen molar-refractivity contribution in [2.24, 2.45) is 0 Å². The van der Waals surface area contributed by atoms with Crippen molar-refractivity contribution < 1.29 is 155 Å². The molecule has 33 nitrogen and oxygen atoms in total. The zero-order valence-electron chi connectivity index (χ0n) is 62.8. The van der Waals surface area contributed by atoms with Gasteiger partial charge >= 0.3 is 22.4 Å². The molecule has 107 heavy (non-hydrogen) atoms. The quantitative estimate of drug-likeness (QED) is 0.0317. The van der Waals surface area contributed by atoms with Gasteiger partial charge in [-0.1, -0.05) is 11.8 Å². The van der Waals surface area contributed by atoms with Crippen molar-refractivity contribution in [3.63, 3.8) is 0 Å². The van der Waals surface area contributed by atoms with E-state index < -0.39 is 110 Å². The molecular formula is C54H98B12O33P4S4-2. The third kappa shape index (κ3) is 31.9. The lowest BCUT2D eigenvalue weighted by atomic mass is 9.51. The van der Waals surface area contributed by atoms with Gasteiger partial charge in [0.05, 0.1) is 118 Å². The average molecular weight is 1660 g/mol. The van der Waals surface area contributed by atoms with Crippen LogP contribution in [0.25, 0.3) is 0 Å². The molecule has 9 fully saturated rings. The normalized spacial score (nSPS) is 39.3. The Labute approximate surface area is 664 Å².